The molecule has 0 aliphatic carbocycles. The van der Waals surface area contributed by atoms with Crippen molar-refractivity contribution in [3.8, 4) is 5.75 Å². The van der Waals surface area contributed by atoms with Gasteiger partial charge >= 0.3 is 0 Å². The SMILES string of the molecule is O=C(/C=C/c1ccc2c(c1)CCO2)N1CC(O)C(O)C1. The van der Waals surface area contributed by atoms with E-state index in [2.05, 4.69) is 0 Å². The summed E-state index contributed by atoms with van der Waals surface area (Å²) < 4.78 is 5.43. The smallest absolute Gasteiger partial charge is 0.246 e. The molecule has 0 aromatic heterocycles. The summed E-state index contributed by atoms with van der Waals surface area (Å²) in [5.74, 6) is 0.719. The number of carbonyl (C=O) groups excluding carboxylic acids is 1. The van der Waals surface area contributed by atoms with Gasteiger partial charge in [-0.05, 0) is 29.3 Å². The summed E-state index contributed by atoms with van der Waals surface area (Å²) >= 11 is 0. The molecule has 2 aliphatic rings. The molecule has 2 atom stereocenters. The van der Waals surface area contributed by atoms with E-state index in [-0.39, 0.29) is 19.0 Å². The lowest BCUT2D eigenvalue weighted by Crippen LogP contribution is -2.27. The minimum atomic E-state index is -0.843. The van der Waals surface area contributed by atoms with Crippen molar-refractivity contribution in [1.29, 1.82) is 0 Å². The predicted octanol–water partition coefficient (Wildman–Crippen LogP) is 0.199. The normalized spacial score (nSPS) is 25.0. The quantitative estimate of drug-likeness (QED) is 0.756. The first kappa shape index (κ1) is 13.1. The highest BCUT2D eigenvalue weighted by Crippen LogP contribution is 2.26. The number of benzene rings is 1. The number of hydrogen-bond donors (Lipinski definition) is 2. The van der Waals surface area contributed by atoms with E-state index in [0.717, 1.165) is 23.3 Å². The fourth-order valence-electron chi connectivity index (χ4n) is 2.53. The van der Waals surface area contributed by atoms with Gasteiger partial charge in [-0.15, -0.1) is 0 Å². The summed E-state index contributed by atoms with van der Waals surface area (Å²) in [6, 6.07) is 5.83. The number of likely N-dealkylation sites (tertiary alicyclic amines) is 1. The van der Waals surface area contributed by atoms with E-state index < -0.39 is 12.2 Å². The molecule has 1 amide bonds. The molecule has 20 heavy (non-hydrogen) atoms. The van der Waals surface area contributed by atoms with E-state index in [9.17, 15) is 15.0 Å². The monoisotopic (exact) mass is 275 g/mol. The lowest BCUT2D eigenvalue weighted by atomic mass is 10.1. The second-order valence-corrected chi connectivity index (χ2v) is 5.18. The van der Waals surface area contributed by atoms with Gasteiger partial charge in [-0.1, -0.05) is 6.07 Å². The first-order chi connectivity index (χ1) is 9.63. The van der Waals surface area contributed by atoms with Gasteiger partial charge < -0.3 is 19.8 Å². The van der Waals surface area contributed by atoms with Gasteiger partial charge in [-0.2, -0.15) is 0 Å². The van der Waals surface area contributed by atoms with Gasteiger partial charge in [0.1, 0.15) is 5.75 Å². The highest BCUT2D eigenvalue weighted by Gasteiger charge is 2.31. The third-order valence-corrected chi connectivity index (χ3v) is 3.70. The Morgan fingerprint density at radius 3 is 2.80 bits per heavy atom. The molecular formula is C15H17NO4. The molecule has 1 saturated heterocycles. The van der Waals surface area contributed by atoms with E-state index in [1.807, 2.05) is 18.2 Å². The topological polar surface area (TPSA) is 70.0 Å². The van der Waals surface area contributed by atoms with Crippen molar-refractivity contribution in [2.45, 2.75) is 18.6 Å². The molecule has 2 N–H and O–H groups in total. The summed E-state index contributed by atoms with van der Waals surface area (Å²) in [6.45, 7) is 1.08. The van der Waals surface area contributed by atoms with Gasteiger partial charge in [0.15, 0.2) is 0 Å². The molecule has 0 radical (unpaired) electrons. The molecule has 2 aliphatic heterocycles. The Bertz CT molecular complexity index is 545. The fourth-order valence-corrected chi connectivity index (χ4v) is 2.53. The Balaban J connectivity index is 1.67. The number of nitrogens with zero attached hydrogens (tertiary/aromatic N) is 1. The Morgan fingerprint density at radius 1 is 1.30 bits per heavy atom. The van der Waals surface area contributed by atoms with E-state index in [0.29, 0.717) is 6.61 Å². The van der Waals surface area contributed by atoms with Gasteiger partial charge in [-0.3, -0.25) is 4.79 Å². The molecule has 1 fully saturated rings. The number of rotatable bonds is 2. The molecule has 2 heterocycles. The Morgan fingerprint density at radius 2 is 2.05 bits per heavy atom. The van der Waals surface area contributed by atoms with Crippen molar-refractivity contribution in [3.05, 3.63) is 35.4 Å². The van der Waals surface area contributed by atoms with Gasteiger partial charge in [0.05, 0.1) is 18.8 Å². The fraction of sp³-hybridized carbons (Fsp3) is 0.400. The predicted molar refractivity (Wildman–Crippen MR) is 73.3 cm³/mol. The Hall–Kier alpha value is -1.85. The van der Waals surface area contributed by atoms with Crippen LogP contribution in [0.25, 0.3) is 6.08 Å². The largest absolute Gasteiger partial charge is 0.493 e. The molecule has 0 bridgehead atoms. The number of fused-ring (bicyclic) bond motifs is 1. The molecule has 106 valence electrons. The maximum Gasteiger partial charge on any atom is 0.246 e. The van der Waals surface area contributed by atoms with Crippen LogP contribution < -0.4 is 4.74 Å². The van der Waals surface area contributed by atoms with Gasteiger partial charge in [0.2, 0.25) is 5.91 Å². The molecule has 5 heteroatoms. The lowest BCUT2D eigenvalue weighted by Gasteiger charge is -2.12. The van der Waals surface area contributed by atoms with E-state index in [1.54, 1.807) is 6.08 Å². The van der Waals surface area contributed by atoms with Crippen LogP contribution in [0.4, 0.5) is 0 Å². The van der Waals surface area contributed by atoms with Crippen LogP contribution >= 0.6 is 0 Å². The average Bonchev–Trinajstić information content (AvgIpc) is 3.03. The van der Waals surface area contributed by atoms with Crippen LogP contribution in [-0.4, -0.2) is 52.9 Å². The first-order valence-electron chi connectivity index (χ1n) is 6.72. The Kier molecular flexibility index (Phi) is 3.46. The van der Waals surface area contributed by atoms with Crippen molar-refractivity contribution in [2.75, 3.05) is 19.7 Å². The highest BCUT2D eigenvalue weighted by atomic mass is 16.5. The second kappa shape index (κ2) is 5.26. The van der Waals surface area contributed by atoms with Crippen LogP contribution in [0.5, 0.6) is 5.75 Å². The minimum Gasteiger partial charge on any atom is -0.493 e. The number of aliphatic hydroxyl groups excluding tert-OH is 2. The summed E-state index contributed by atoms with van der Waals surface area (Å²) in [7, 11) is 0. The zero-order valence-electron chi connectivity index (χ0n) is 11.0. The van der Waals surface area contributed by atoms with Crippen LogP contribution in [0.1, 0.15) is 11.1 Å². The molecule has 5 nitrogen and oxygen atoms in total. The molecule has 1 aromatic carbocycles. The number of aliphatic hydroxyl groups is 2. The zero-order valence-corrected chi connectivity index (χ0v) is 11.0. The van der Waals surface area contributed by atoms with E-state index >= 15 is 0 Å². The van der Waals surface area contributed by atoms with Crippen molar-refractivity contribution < 1.29 is 19.7 Å². The number of carbonyl (C=O) groups is 1. The number of β-amino-alcohol motifs (C(OH)–C–C–N with tert-alkyl or cyclic N) is 2. The number of hydrogen-bond acceptors (Lipinski definition) is 4. The average molecular weight is 275 g/mol. The second-order valence-electron chi connectivity index (χ2n) is 5.18. The van der Waals surface area contributed by atoms with Crippen molar-refractivity contribution >= 4 is 12.0 Å². The van der Waals surface area contributed by atoms with E-state index in [4.69, 9.17) is 4.74 Å². The number of ether oxygens (including phenoxy) is 1. The van der Waals surface area contributed by atoms with Crippen LogP contribution in [-0.2, 0) is 11.2 Å². The lowest BCUT2D eigenvalue weighted by molar-refractivity contribution is -0.125. The summed E-state index contributed by atoms with van der Waals surface area (Å²) in [6.07, 6.45) is 2.43. The minimum absolute atomic E-state index is 0.183. The van der Waals surface area contributed by atoms with Gasteiger partial charge in [0, 0.05) is 25.6 Å². The molecular weight excluding hydrogens is 258 g/mol. The van der Waals surface area contributed by atoms with Crippen LogP contribution in [0.2, 0.25) is 0 Å². The standard InChI is InChI=1S/C15H17NO4/c17-12-8-16(9-13(12)18)15(19)4-2-10-1-3-14-11(7-10)5-6-20-14/h1-4,7,12-13,17-18H,5-6,8-9H2/b4-2+. The molecule has 0 saturated carbocycles. The highest BCUT2D eigenvalue weighted by molar-refractivity contribution is 5.92. The van der Waals surface area contributed by atoms with Crippen molar-refractivity contribution in [3.63, 3.8) is 0 Å². The molecule has 0 spiro atoms. The third kappa shape index (κ3) is 2.55. The third-order valence-electron chi connectivity index (χ3n) is 3.70. The maximum atomic E-state index is 11.9. The summed E-state index contributed by atoms with van der Waals surface area (Å²) in [4.78, 5) is 13.4. The Labute approximate surface area is 117 Å². The molecule has 2 unspecified atom stereocenters. The summed E-state index contributed by atoms with van der Waals surface area (Å²) in [5.41, 5.74) is 2.11. The van der Waals surface area contributed by atoms with Gasteiger partial charge in [-0.25, -0.2) is 0 Å². The first-order valence-corrected chi connectivity index (χ1v) is 6.72. The molecule has 1 aromatic rings. The van der Waals surface area contributed by atoms with Crippen LogP contribution in [0, 0.1) is 0 Å². The van der Waals surface area contributed by atoms with Crippen molar-refractivity contribution in [2.24, 2.45) is 0 Å². The zero-order chi connectivity index (χ0) is 14.1. The maximum absolute atomic E-state index is 11.9. The van der Waals surface area contributed by atoms with Crippen LogP contribution in [0.3, 0.4) is 0 Å². The van der Waals surface area contributed by atoms with Gasteiger partial charge in [0.25, 0.3) is 0 Å². The van der Waals surface area contributed by atoms with Crippen molar-refractivity contribution in [1.82, 2.24) is 4.90 Å². The van der Waals surface area contributed by atoms with E-state index in [1.165, 1.54) is 11.0 Å². The molecule has 3 rings (SSSR count). The number of amides is 1. The van der Waals surface area contributed by atoms with Crippen LogP contribution in [0.15, 0.2) is 24.3 Å². The summed E-state index contributed by atoms with van der Waals surface area (Å²) in [5, 5.41) is 18.9.